The highest BCUT2D eigenvalue weighted by Crippen LogP contribution is 2.23. The summed E-state index contributed by atoms with van der Waals surface area (Å²) in [6.07, 6.45) is 9.83. The van der Waals surface area contributed by atoms with E-state index in [1.807, 2.05) is 0 Å². The van der Waals surface area contributed by atoms with Crippen molar-refractivity contribution in [2.24, 2.45) is 0 Å². The second kappa shape index (κ2) is 4.43. The lowest BCUT2D eigenvalue weighted by Crippen LogP contribution is -2.53. The van der Waals surface area contributed by atoms with Gasteiger partial charge < -0.3 is 10.6 Å². The lowest BCUT2D eigenvalue weighted by Gasteiger charge is -2.38. The number of nitrogens with one attached hydrogen (secondary N) is 2. The molecule has 2 unspecified atom stereocenters. The summed E-state index contributed by atoms with van der Waals surface area (Å²) in [5.41, 5.74) is 0. The maximum atomic E-state index is 3.79. The third kappa shape index (κ3) is 2.23. The van der Waals surface area contributed by atoms with Crippen LogP contribution in [0.15, 0.2) is 0 Å². The SMILES string of the molecule is CNC1CCCCC1NC1CCC1. The van der Waals surface area contributed by atoms with Crippen molar-refractivity contribution >= 4 is 0 Å². The monoisotopic (exact) mass is 182 g/mol. The van der Waals surface area contributed by atoms with Crippen LogP contribution < -0.4 is 10.6 Å². The van der Waals surface area contributed by atoms with Gasteiger partial charge in [-0.2, -0.15) is 0 Å². The summed E-state index contributed by atoms with van der Waals surface area (Å²) >= 11 is 0. The topological polar surface area (TPSA) is 24.1 Å². The molecule has 2 fully saturated rings. The van der Waals surface area contributed by atoms with E-state index in [9.17, 15) is 0 Å². The van der Waals surface area contributed by atoms with E-state index in [4.69, 9.17) is 0 Å². The Morgan fingerprint density at radius 2 is 1.54 bits per heavy atom. The maximum Gasteiger partial charge on any atom is 0.0223 e. The summed E-state index contributed by atoms with van der Waals surface area (Å²) in [5.74, 6) is 0. The third-order valence-electron chi connectivity index (χ3n) is 3.69. The van der Waals surface area contributed by atoms with E-state index in [1.165, 1.54) is 44.9 Å². The van der Waals surface area contributed by atoms with Crippen molar-refractivity contribution in [3.63, 3.8) is 0 Å². The second-order valence-electron chi connectivity index (χ2n) is 4.58. The van der Waals surface area contributed by atoms with Crippen molar-refractivity contribution in [2.75, 3.05) is 7.05 Å². The van der Waals surface area contributed by atoms with Crippen molar-refractivity contribution in [1.82, 2.24) is 10.6 Å². The minimum absolute atomic E-state index is 0.731. The molecule has 2 rings (SSSR count). The first-order chi connectivity index (χ1) is 6.40. The third-order valence-corrected chi connectivity index (χ3v) is 3.69. The second-order valence-corrected chi connectivity index (χ2v) is 4.58. The van der Waals surface area contributed by atoms with Crippen LogP contribution in [0.2, 0.25) is 0 Å². The largest absolute Gasteiger partial charge is 0.315 e. The van der Waals surface area contributed by atoms with Crippen molar-refractivity contribution < 1.29 is 0 Å². The summed E-state index contributed by atoms with van der Waals surface area (Å²) in [4.78, 5) is 0. The summed E-state index contributed by atoms with van der Waals surface area (Å²) in [5, 5.41) is 7.24. The number of hydrogen-bond acceptors (Lipinski definition) is 2. The molecular formula is C11H22N2. The van der Waals surface area contributed by atoms with E-state index in [1.54, 1.807) is 0 Å². The molecule has 0 radical (unpaired) electrons. The first kappa shape index (κ1) is 9.47. The summed E-state index contributed by atoms with van der Waals surface area (Å²) < 4.78 is 0. The van der Waals surface area contributed by atoms with Crippen molar-refractivity contribution in [3.8, 4) is 0 Å². The molecule has 2 atom stereocenters. The zero-order chi connectivity index (χ0) is 9.10. The minimum atomic E-state index is 0.731. The summed E-state index contributed by atoms with van der Waals surface area (Å²) in [6, 6.07) is 2.33. The van der Waals surface area contributed by atoms with Crippen LogP contribution in [0.25, 0.3) is 0 Å². The van der Waals surface area contributed by atoms with Gasteiger partial charge in [0.25, 0.3) is 0 Å². The standard InChI is InChI=1S/C11H22N2/c1-12-10-7-2-3-8-11(10)13-9-5-4-6-9/h9-13H,2-8H2,1H3. The van der Waals surface area contributed by atoms with E-state index >= 15 is 0 Å². The van der Waals surface area contributed by atoms with E-state index in [2.05, 4.69) is 17.7 Å². The average Bonchev–Trinajstić information content (AvgIpc) is 2.12. The van der Waals surface area contributed by atoms with E-state index in [-0.39, 0.29) is 0 Å². The quantitative estimate of drug-likeness (QED) is 0.693. The Morgan fingerprint density at radius 3 is 2.08 bits per heavy atom. The maximum absolute atomic E-state index is 3.79. The van der Waals surface area contributed by atoms with Gasteiger partial charge in [-0.25, -0.2) is 0 Å². The first-order valence-electron chi connectivity index (χ1n) is 5.83. The van der Waals surface area contributed by atoms with Gasteiger partial charge in [0.2, 0.25) is 0 Å². The van der Waals surface area contributed by atoms with Crippen LogP contribution in [0.1, 0.15) is 44.9 Å². The Balaban J connectivity index is 1.79. The van der Waals surface area contributed by atoms with Crippen LogP contribution in [0, 0.1) is 0 Å². The first-order valence-corrected chi connectivity index (χ1v) is 5.83. The molecule has 2 aliphatic rings. The highest BCUT2D eigenvalue weighted by Gasteiger charge is 2.27. The van der Waals surface area contributed by atoms with Gasteiger partial charge in [-0.05, 0) is 32.7 Å². The molecule has 2 heteroatoms. The highest BCUT2D eigenvalue weighted by molar-refractivity contribution is 4.89. The Labute approximate surface area is 81.5 Å². The smallest absolute Gasteiger partial charge is 0.0223 e. The van der Waals surface area contributed by atoms with E-state index in [0.29, 0.717) is 0 Å². The molecule has 0 aromatic carbocycles. The Kier molecular flexibility index (Phi) is 3.23. The van der Waals surface area contributed by atoms with Gasteiger partial charge in [-0.15, -0.1) is 0 Å². The molecule has 2 nitrogen and oxygen atoms in total. The van der Waals surface area contributed by atoms with Crippen LogP contribution >= 0.6 is 0 Å². The molecule has 2 aliphatic carbocycles. The van der Waals surface area contributed by atoms with Crippen molar-refractivity contribution in [3.05, 3.63) is 0 Å². The van der Waals surface area contributed by atoms with Crippen LogP contribution in [0.5, 0.6) is 0 Å². The fourth-order valence-corrected chi connectivity index (χ4v) is 2.55. The molecule has 0 amide bonds. The normalized spacial score (nSPS) is 35.8. The fourth-order valence-electron chi connectivity index (χ4n) is 2.55. The Bertz CT molecular complexity index is 154. The molecule has 2 saturated carbocycles. The Hall–Kier alpha value is -0.0800. The minimum Gasteiger partial charge on any atom is -0.315 e. The van der Waals surface area contributed by atoms with Gasteiger partial charge >= 0.3 is 0 Å². The lowest BCUT2D eigenvalue weighted by atomic mass is 9.86. The molecule has 0 heterocycles. The zero-order valence-corrected chi connectivity index (χ0v) is 8.68. The predicted octanol–water partition coefficient (Wildman–Crippen LogP) is 1.66. The van der Waals surface area contributed by atoms with Crippen molar-refractivity contribution in [1.29, 1.82) is 0 Å². The van der Waals surface area contributed by atoms with Crippen LogP contribution in [0.4, 0.5) is 0 Å². The molecule has 13 heavy (non-hydrogen) atoms. The molecule has 0 aliphatic heterocycles. The van der Waals surface area contributed by atoms with Gasteiger partial charge in [0.1, 0.15) is 0 Å². The van der Waals surface area contributed by atoms with E-state index < -0.39 is 0 Å². The summed E-state index contributed by atoms with van der Waals surface area (Å²) in [6.45, 7) is 0. The molecule has 76 valence electrons. The van der Waals surface area contributed by atoms with Crippen LogP contribution in [-0.4, -0.2) is 25.2 Å². The molecule has 2 N–H and O–H groups in total. The number of hydrogen-bond donors (Lipinski definition) is 2. The zero-order valence-electron chi connectivity index (χ0n) is 8.68. The lowest BCUT2D eigenvalue weighted by molar-refractivity contribution is 0.230. The van der Waals surface area contributed by atoms with Gasteiger partial charge in [-0.3, -0.25) is 0 Å². The van der Waals surface area contributed by atoms with Gasteiger partial charge in [0.05, 0.1) is 0 Å². The molecule has 0 saturated heterocycles. The van der Waals surface area contributed by atoms with Crippen LogP contribution in [-0.2, 0) is 0 Å². The van der Waals surface area contributed by atoms with Gasteiger partial charge in [-0.1, -0.05) is 19.3 Å². The highest BCUT2D eigenvalue weighted by atomic mass is 15.0. The molecule has 0 aromatic rings. The summed E-state index contributed by atoms with van der Waals surface area (Å²) in [7, 11) is 2.10. The molecular weight excluding hydrogens is 160 g/mol. The molecule has 0 aromatic heterocycles. The average molecular weight is 182 g/mol. The number of rotatable bonds is 3. The Morgan fingerprint density at radius 1 is 0.846 bits per heavy atom. The number of likely N-dealkylation sites (N-methyl/N-ethyl adjacent to an activating group) is 1. The molecule has 0 bridgehead atoms. The van der Waals surface area contributed by atoms with Crippen molar-refractivity contribution in [2.45, 2.75) is 63.1 Å². The van der Waals surface area contributed by atoms with Gasteiger partial charge in [0.15, 0.2) is 0 Å². The molecule has 0 spiro atoms. The fraction of sp³-hybridized carbons (Fsp3) is 1.00. The van der Waals surface area contributed by atoms with E-state index in [0.717, 1.165) is 18.1 Å². The van der Waals surface area contributed by atoms with Gasteiger partial charge in [0, 0.05) is 18.1 Å². The predicted molar refractivity (Wildman–Crippen MR) is 55.9 cm³/mol. The van der Waals surface area contributed by atoms with Crippen LogP contribution in [0.3, 0.4) is 0 Å².